The van der Waals surface area contributed by atoms with E-state index < -0.39 is 0 Å². The Hall–Kier alpha value is -1.31. The predicted octanol–water partition coefficient (Wildman–Crippen LogP) is 3.82. The van der Waals surface area contributed by atoms with Gasteiger partial charge in [0.05, 0.1) is 0 Å². The lowest BCUT2D eigenvalue weighted by Gasteiger charge is -2.23. The maximum absolute atomic E-state index is 12.6. The number of benzene rings is 1. The molecule has 0 aliphatic heterocycles. The van der Waals surface area contributed by atoms with Gasteiger partial charge in [-0.15, -0.1) is 0 Å². The topological polar surface area (TPSA) is 20.3 Å². The van der Waals surface area contributed by atoms with Gasteiger partial charge in [-0.3, -0.25) is 4.79 Å². The summed E-state index contributed by atoms with van der Waals surface area (Å²) >= 11 is 0. The number of carbonyl (C=O) groups excluding carboxylic acids is 1. The monoisotopic (exact) mass is 257 g/mol. The van der Waals surface area contributed by atoms with Crippen molar-refractivity contribution in [1.29, 1.82) is 0 Å². The van der Waals surface area contributed by atoms with Crippen molar-refractivity contribution in [3.05, 3.63) is 29.8 Å². The molecule has 0 heterocycles. The Bertz CT molecular complexity index is 484. The Balaban J connectivity index is 1.80. The van der Waals surface area contributed by atoms with Gasteiger partial charge < -0.3 is 4.90 Å². The lowest BCUT2D eigenvalue weighted by atomic mass is 10.00. The molecule has 0 radical (unpaired) electrons. The van der Waals surface area contributed by atoms with Gasteiger partial charge in [0.2, 0.25) is 5.91 Å². The SMILES string of the molecule is CC(C)c1ccccc1N(C)C(=O)C1[C@H]2CCC[C@@H]12. The van der Waals surface area contributed by atoms with E-state index in [1.54, 1.807) is 0 Å². The average Bonchev–Trinajstić information content (AvgIpc) is 2.89. The van der Waals surface area contributed by atoms with Gasteiger partial charge in [0, 0.05) is 18.7 Å². The van der Waals surface area contributed by atoms with E-state index in [2.05, 4.69) is 32.0 Å². The van der Waals surface area contributed by atoms with Crippen molar-refractivity contribution in [3.63, 3.8) is 0 Å². The Kier molecular flexibility index (Phi) is 3.12. The molecule has 102 valence electrons. The van der Waals surface area contributed by atoms with E-state index in [4.69, 9.17) is 0 Å². The van der Waals surface area contributed by atoms with Gasteiger partial charge in [-0.25, -0.2) is 0 Å². The molecule has 0 spiro atoms. The number of carbonyl (C=O) groups is 1. The molecule has 3 rings (SSSR count). The highest BCUT2D eigenvalue weighted by atomic mass is 16.2. The fourth-order valence-electron chi connectivity index (χ4n) is 3.81. The Morgan fingerprint density at radius 2 is 1.84 bits per heavy atom. The van der Waals surface area contributed by atoms with Gasteiger partial charge in [-0.2, -0.15) is 0 Å². The van der Waals surface area contributed by atoms with Crippen LogP contribution in [-0.2, 0) is 4.79 Å². The standard InChI is InChI=1S/C17H23NO/c1-11(2)12-7-4-5-10-15(12)18(3)17(19)16-13-8-6-9-14(13)16/h4-5,7,10-11,13-14,16H,6,8-9H2,1-3H3/t13-,14+,16?. The molecule has 2 aliphatic carbocycles. The highest BCUT2D eigenvalue weighted by Gasteiger charge is 2.57. The lowest BCUT2D eigenvalue weighted by molar-refractivity contribution is -0.120. The Morgan fingerprint density at radius 3 is 2.47 bits per heavy atom. The first-order chi connectivity index (χ1) is 9.11. The first-order valence-corrected chi connectivity index (χ1v) is 7.47. The molecule has 2 heteroatoms. The maximum Gasteiger partial charge on any atom is 0.230 e. The highest BCUT2D eigenvalue weighted by Crippen LogP contribution is 2.58. The minimum absolute atomic E-state index is 0.318. The van der Waals surface area contributed by atoms with Crippen LogP contribution in [0.2, 0.25) is 0 Å². The first kappa shape index (κ1) is 12.7. The van der Waals surface area contributed by atoms with Crippen LogP contribution >= 0.6 is 0 Å². The van der Waals surface area contributed by atoms with Crippen LogP contribution in [-0.4, -0.2) is 13.0 Å². The number of amides is 1. The normalized spacial score (nSPS) is 28.3. The molecule has 0 bridgehead atoms. The van der Waals surface area contributed by atoms with Gasteiger partial charge in [-0.1, -0.05) is 38.5 Å². The summed E-state index contributed by atoms with van der Waals surface area (Å²) in [7, 11) is 1.94. The highest BCUT2D eigenvalue weighted by molar-refractivity contribution is 5.97. The summed E-state index contributed by atoms with van der Waals surface area (Å²) in [4.78, 5) is 14.5. The van der Waals surface area contributed by atoms with Crippen molar-refractivity contribution in [2.24, 2.45) is 17.8 Å². The van der Waals surface area contributed by atoms with Crippen molar-refractivity contribution in [1.82, 2.24) is 0 Å². The Morgan fingerprint density at radius 1 is 1.21 bits per heavy atom. The summed E-state index contributed by atoms with van der Waals surface area (Å²) in [5.41, 5.74) is 2.36. The van der Waals surface area contributed by atoms with E-state index in [0.29, 0.717) is 29.6 Å². The number of para-hydroxylation sites is 1. The third-order valence-corrected chi connectivity index (χ3v) is 4.94. The number of anilines is 1. The largest absolute Gasteiger partial charge is 0.315 e. The molecular formula is C17H23NO. The number of hydrogen-bond donors (Lipinski definition) is 0. The smallest absolute Gasteiger partial charge is 0.230 e. The van der Waals surface area contributed by atoms with Crippen LogP contribution in [0.4, 0.5) is 5.69 Å². The fraction of sp³-hybridized carbons (Fsp3) is 0.588. The molecule has 2 aliphatic rings. The average molecular weight is 257 g/mol. The number of fused-ring (bicyclic) bond motifs is 1. The van der Waals surface area contributed by atoms with Crippen LogP contribution in [0.3, 0.4) is 0 Å². The van der Waals surface area contributed by atoms with E-state index >= 15 is 0 Å². The predicted molar refractivity (Wildman–Crippen MR) is 78.3 cm³/mol. The lowest BCUT2D eigenvalue weighted by Crippen LogP contribution is -2.30. The molecule has 0 N–H and O–H groups in total. The minimum atomic E-state index is 0.318. The third-order valence-electron chi connectivity index (χ3n) is 4.94. The summed E-state index contributed by atoms with van der Waals surface area (Å²) in [5, 5.41) is 0. The molecule has 19 heavy (non-hydrogen) atoms. The molecule has 0 aromatic heterocycles. The van der Waals surface area contributed by atoms with E-state index in [0.717, 1.165) is 5.69 Å². The zero-order chi connectivity index (χ0) is 13.6. The molecule has 2 nitrogen and oxygen atoms in total. The Labute approximate surface area is 115 Å². The maximum atomic E-state index is 12.6. The molecular weight excluding hydrogens is 234 g/mol. The van der Waals surface area contributed by atoms with Crippen LogP contribution < -0.4 is 4.90 Å². The summed E-state index contributed by atoms with van der Waals surface area (Å²) < 4.78 is 0. The quantitative estimate of drug-likeness (QED) is 0.806. The van der Waals surface area contributed by atoms with Crippen molar-refractivity contribution in [3.8, 4) is 0 Å². The zero-order valence-electron chi connectivity index (χ0n) is 12.1. The molecule has 3 atom stereocenters. The van der Waals surface area contributed by atoms with Crippen molar-refractivity contribution >= 4 is 11.6 Å². The van der Waals surface area contributed by atoms with E-state index in [1.807, 2.05) is 18.0 Å². The van der Waals surface area contributed by atoms with Crippen molar-refractivity contribution in [2.45, 2.75) is 39.0 Å². The summed E-state index contributed by atoms with van der Waals surface area (Å²) in [5.74, 6) is 2.49. The summed E-state index contributed by atoms with van der Waals surface area (Å²) in [6, 6.07) is 8.30. The first-order valence-electron chi connectivity index (χ1n) is 7.47. The van der Waals surface area contributed by atoms with Gasteiger partial charge >= 0.3 is 0 Å². The molecule has 2 saturated carbocycles. The molecule has 2 fully saturated rings. The van der Waals surface area contributed by atoms with E-state index in [1.165, 1.54) is 24.8 Å². The molecule has 1 unspecified atom stereocenters. The van der Waals surface area contributed by atoms with Crippen LogP contribution in [0.1, 0.15) is 44.6 Å². The fourth-order valence-corrected chi connectivity index (χ4v) is 3.81. The van der Waals surface area contributed by atoms with Crippen molar-refractivity contribution in [2.75, 3.05) is 11.9 Å². The second-order valence-electron chi connectivity index (χ2n) is 6.40. The van der Waals surface area contributed by atoms with Crippen LogP contribution in [0.25, 0.3) is 0 Å². The number of hydrogen-bond acceptors (Lipinski definition) is 1. The van der Waals surface area contributed by atoms with Crippen LogP contribution in [0, 0.1) is 17.8 Å². The summed E-state index contributed by atoms with van der Waals surface area (Å²) in [6.07, 6.45) is 3.85. The van der Waals surface area contributed by atoms with Gasteiger partial charge in [0.15, 0.2) is 0 Å². The third kappa shape index (κ3) is 2.07. The van der Waals surface area contributed by atoms with Gasteiger partial charge in [-0.05, 0) is 42.2 Å². The van der Waals surface area contributed by atoms with E-state index in [9.17, 15) is 4.79 Å². The summed E-state index contributed by atoms with van der Waals surface area (Å²) in [6.45, 7) is 4.37. The van der Waals surface area contributed by atoms with Crippen molar-refractivity contribution < 1.29 is 4.79 Å². The van der Waals surface area contributed by atoms with E-state index in [-0.39, 0.29) is 0 Å². The van der Waals surface area contributed by atoms with Crippen LogP contribution in [0.5, 0.6) is 0 Å². The molecule has 1 amide bonds. The van der Waals surface area contributed by atoms with Crippen LogP contribution in [0.15, 0.2) is 24.3 Å². The van der Waals surface area contributed by atoms with Gasteiger partial charge in [0.1, 0.15) is 0 Å². The number of nitrogens with zero attached hydrogens (tertiary/aromatic N) is 1. The second kappa shape index (κ2) is 4.66. The molecule has 0 saturated heterocycles. The second-order valence-corrected chi connectivity index (χ2v) is 6.40. The molecule has 1 aromatic carbocycles. The zero-order valence-corrected chi connectivity index (χ0v) is 12.1. The molecule has 1 aromatic rings. The van der Waals surface area contributed by atoms with Gasteiger partial charge in [0.25, 0.3) is 0 Å². The minimum Gasteiger partial charge on any atom is -0.315 e. The number of rotatable bonds is 3.